The van der Waals surface area contributed by atoms with E-state index in [1.807, 2.05) is 0 Å². The normalized spacial score (nSPS) is 22.5. The fraction of sp³-hybridized carbons (Fsp3) is 0.875. The highest BCUT2D eigenvalue weighted by atomic mass is 16.3. The number of nitrogens with one attached hydrogen (secondary N) is 2. The second-order valence-electron chi connectivity index (χ2n) is 6.48. The molecule has 0 saturated heterocycles. The van der Waals surface area contributed by atoms with Gasteiger partial charge in [-0.25, -0.2) is 0 Å². The molecule has 0 aromatic heterocycles. The summed E-state index contributed by atoms with van der Waals surface area (Å²) < 4.78 is 0. The highest BCUT2D eigenvalue weighted by Gasteiger charge is 2.24. The largest absolute Gasteiger partial charge is 0.391 e. The number of carbonyl (C=O) groups is 2. The van der Waals surface area contributed by atoms with Gasteiger partial charge in [-0.1, -0.05) is 38.5 Å². The van der Waals surface area contributed by atoms with E-state index in [0.29, 0.717) is 0 Å². The van der Waals surface area contributed by atoms with Crippen LogP contribution >= 0.6 is 0 Å². The van der Waals surface area contributed by atoms with Gasteiger partial charge in [0.25, 0.3) is 0 Å². The smallest absolute Gasteiger partial charge is 0.309 e. The number of aliphatic hydroxyl groups is 1. The lowest BCUT2D eigenvalue weighted by Crippen LogP contribution is -2.47. The summed E-state index contributed by atoms with van der Waals surface area (Å²) in [4.78, 5) is 23.6. The monoisotopic (exact) mass is 296 g/mol. The van der Waals surface area contributed by atoms with Gasteiger partial charge in [0.2, 0.25) is 0 Å². The number of carbonyl (C=O) groups excluding carboxylic acids is 2. The van der Waals surface area contributed by atoms with Gasteiger partial charge in [-0.3, -0.25) is 9.59 Å². The molecule has 2 amide bonds. The summed E-state index contributed by atoms with van der Waals surface area (Å²) in [6.45, 7) is 0.182. The SMILES string of the molecule is O=C(NCC(O)C1CCCCC1)C(=O)NC1CCCCC1. The fourth-order valence-corrected chi connectivity index (χ4v) is 3.46. The average molecular weight is 296 g/mol. The molecule has 0 aliphatic heterocycles. The summed E-state index contributed by atoms with van der Waals surface area (Å²) in [6.07, 6.45) is 10.4. The number of hydrogen-bond donors (Lipinski definition) is 3. The van der Waals surface area contributed by atoms with Crippen molar-refractivity contribution in [3.63, 3.8) is 0 Å². The molecule has 0 spiro atoms. The summed E-state index contributed by atoms with van der Waals surface area (Å²) in [7, 11) is 0. The second kappa shape index (κ2) is 8.37. The van der Waals surface area contributed by atoms with Crippen molar-refractivity contribution in [2.75, 3.05) is 6.54 Å². The Morgan fingerprint density at radius 3 is 2.10 bits per heavy atom. The van der Waals surface area contributed by atoms with Crippen molar-refractivity contribution >= 4 is 11.8 Å². The Labute approximate surface area is 126 Å². The Kier molecular flexibility index (Phi) is 6.49. The average Bonchev–Trinajstić information content (AvgIpc) is 2.54. The van der Waals surface area contributed by atoms with E-state index in [2.05, 4.69) is 10.6 Å². The summed E-state index contributed by atoms with van der Waals surface area (Å²) in [5.41, 5.74) is 0. The third-order valence-electron chi connectivity index (χ3n) is 4.81. The Morgan fingerprint density at radius 1 is 0.905 bits per heavy atom. The van der Waals surface area contributed by atoms with E-state index in [4.69, 9.17) is 0 Å². The highest BCUT2D eigenvalue weighted by molar-refractivity contribution is 6.35. The first-order valence-corrected chi connectivity index (χ1v) is 8.43. The summed E-state index contributed by atoms with van der Waals surface area (Å²) in [5.74, 6) is -0.909. The number of hydrogen-bond acceptors (Lipinski definition) is 3. The lowest BCUT2D eigenvalue weighted by Gasteiger charge is -2.26. The minimum atomic E-state index is -0.615. The number of aliphatic hydroxyl groups excluding tert-OH is 1. The van der Waals surface area contributed by atoms with Crippen molar-refractivity contribution in [2.24, 2.45) is 5.92 Å². The molecule has 2 fully saturated rings. The molecule has 1 unspecified atom stereocenters. The molecule has 2 aliphatic carbocycles. The number of rotatable bonds is 4. The molecule has 0 aromatic rings. The molecule has 2 rings (SSSR count). The van der Waals surface area contributed by atoms with E-state index in [9.17, 15) is 14.7 Å². The van der Waals surface area contributed by atoms with Gasteiger partial charge in [-0.15, -0.1) is 0 Å². The highest BCUT2D eigenvalue weighted by Crippen LogP contribution is 2.26. The third kappa shape index (κ3) is 5.30. The minimum absolute atomic E-state index is 0.139. The van der Waals surface area contributed by atoms with Crippen LogP contribution in [0.4, 0.5) is 0 Å². The molecule has 2 aliphatic rings. The van der Waals surface area contributed by atoms with Crippen LogP contribution in [-0.4, -0.2) is 35.6 Å². The van der Waals surface area contributed by atoms with Gasteiger partial charge in [0.15, 0.2) is 0 Å². The lowest BCUT2D eigenvalue weighted by atomic mass is 9.85. The zero-order chi connectivity index (χ0) is 15.1. The van der Waals surface area contributed by atoms with Crippen LogP contribution in [0, 0.1) is 5.92 Å². The van der Waals surface area contributed by atoms with Crippen molar-refractivity contribution in [3.8, 4) is 0 Å². The molecule has 0 bridgehead atoms. The first-order valence-electron chi connectivity index (χ1n) is 8.43. The van der Waals surface area contributed by atoms with Gasteiger partial charge in [0, 0.05) is 12.6 Å². The topological polar surface area (TPSA) is 78.4 Å². The molecule has 5 heteroatoms. The van der Waals surface area contributed by atoms with Crippen molar-refractivity contribution in [2.45, 2.75) is 76.4 Å². The predicted molar refractivity (Wildman–Crippen MR) is 80.6 cm³/mol. The maximum absolute atomic E-state index is 11.8. The third-order valence-corrected chi connectivity index (χ3v) is 4.81. The van der Waals surface area contributed by atoms with Crippen LogP contribution in [-0.2, 0) is 9.59 Å². The molecular formula is C16H28N2O3. The molecule has 5 nitrogen and oxygen atoms in total. The van der Waals surface area contributed by atoms with Crippen LogP contribution in [0.15, 0.2) is 0 Å². The molecule has 0 radical (unpaired) electrons. The minimum Gasteiger partial charge on any atom is -0.391 e. The van der Waals surface area contributed by atoms with Gasteiger partial charge in [-0.2, -0.15) is 0 Å². The van der Waals surface area contributed by atoms with Crippen LogP contribution < -0.4 is 10.6 Å². The Hall–Kier alpha value is -1.10. The van der Waals surface area contributed by atoms with Crippen molar-refractivity contribution in [1.29, 1.82) is 0 Å². The Morgan fingerprint density at radius 2 is 1.48 bits per heavy atom. The molecule has 0 heterocycles. The summed E-state index contributed by atoms with van der Waals surface area (Å²) >= 11 is 0. The second-order valence-corrected chi connectivity index (χ2v) is 6.48. The van der Waals surface area contributed by atoms with E-state index < -0.39 is 17.9 Å². The fourth-order valence-electron chi connectivity index (χ4n) is 3.46. The first-order chi connectivity index (χ1) is 10.2. The predicted octanol–water partition coefficient (Wildman–Crippen LogP) is 1.49. The zero-order valence-electron chi connectivity index (χ0n) is 12.8. The molecular weight excluding hydrogens is 268 g/mol. The van der Waals surface area contributed by atoms with Crippen molar-refractivity contribution in [3.05, 3.63) is 0 Å². The Bertz CT molecular complexity index is 347. The van der Waals surface area contributed by atoms with Gasteiger partial charge in [0.05, 0.1) is 6.10 Å². The summed E-state index contributed by atoms with van der Waals surface area (Å²) in [5, 5.41) is 15.4. The molecule has 21 heavy (non-hydrogen) atoms. The van der Waals surface area contributed by atoms with Gasteiger partial charge in [0.1, 0.15) is 0 Å². The maximum Gasteiger partial charge on any atom is 0.309 e. The van der Waals surface area contributed by atoms with E-state index in [-0.39, 0.29) is 18.5 Å². The van der Waals surface area contributed by atoms with Crippen LogP contribution in [0.5, 0.6) is 0 Å². The van der Waals surface area contributed by atoms with Crippen molar-refractivity contribution < 1.29 is 14.7 Å². The van der Waals surface area contributed by atoms with Crippen molar-refractivity contribution in [1.82, 2.24) is 10.6 Å². The molecule has 3 N–H and O–H groups in total. The standard InChI is InChI=1S/C16H28N2O3/c19-14(12-7-3-1-4-8-12)11-17-15(20)16(21)18-13-9-5-2-6-10-13/h12-14,19H,1-11H2,(H,17,20)(H,18,21). The quantitative estimate of drug-likeness (QED) is 0.688. The Balaban J connectivity index is 1.66. The maximum atomic E-state index is 11.8. The van der Waals surface area contributed by atoms with Crippen LogP contribution in [0.25, 0.3) is 0 Å². The molecule has 1 atom stereocenters. The van der Waals surface area contributed by atoms with E-state index in [1.165, 1.54) is 12.8 Å². The van der Waals surface area contributed by atoms with E-state index in [0.717, 1.165) is 51.4 Å². The summed E-state index contributed by atoms with van der Waals surface area (Å²) in [6, 6.07) is 0.139. The van der Waals surface area contributed by atoms with Crippen LogP contribution in [0.1, 0.15) is 64.2 Å². The van der Waals surface area contributed by atoms with Gasteiger partial charge >= 0.3 is 11.8 Å². The zero-order valence-corrected chi connectivity index (χ0v) is 12.8. The lowest BCUT2D eigenvalue weighted by molar-refractivity contribution is -0.140. The molecule has 0 aromatic carbocycles. The van der Waals surface area contributed by atoms with E-state index >= 15 is 0 Å². The van der Waals surface area contributed by atoms with Crippen LogP contribution in [0.3, 0.4) is 0 Å². The molecule has 2 saturated carbocycles. The van der Waals surface area contributed by atoms with E-state index in [1.54, 1.807) is 0 Å². The van der Waals surface area contributed by atoms with Gasteiger partial charge in [-0.05, 0) is 31.6 Å². The first kappa shape index (κ1) is 16.3. The van der Waals surface area contributed by atoms with Gasteiger partial charge < -0.3 is 15.7 Å². The number of amides is 2. The van der Waals surface area contributed by atoms with Crippen LogP contribution in [0.2, 0.25) is 0 Å². The molecule has 120 valence electrons.